The highest BCUT2D eigenvalue weighted by Gasteiger charge is 2.40. The minimum atomic E-state index is -4.80. The molecule has 5 rings (SSSR count). The molecule has 184 valence electrons. The Kier molecular flexibility index (Phi) is 6.26. The standard InChI is InChI=1S/C23H27F3N4O3S/c24-23(25,26)15-11-17-19(18(12-15)30(32)33)34-22(28-21(17)31)29-9-8-14(10-13-4-1-2-5-13)20(29)27-16-6-3-7-16/h11-14,16,20,27H,1-10H2. The van der Waals surface area contributed by atoms with Crippen molar-refractivity contribution in [2.45, 2.75) is 76.2 Å². The van der Waals surface area contributed by atoms with Crippen LogP contribution < -0.4 is 15.8 Å². The van der Waals surface area contributed by atoms with Gasteiger partial charge in [0, 0.05) is 18.7 Å². The number of hydrogen-bond acceptors (Lipinski definition) is 7. The van der Waals surface area contributed by atoms with Gasteiger partial charge in [-0.15, -0.1) is 0 Å². The molecule has 2 heterocycles. The van der Waals surface area contributed by atoms with Gasteiger partial charge in [-0.1, -0.05) is 43.4 Å². The van der Waals surface area contributed by atoms with Crippen LogP contribution in [-0.4, -0.2) is 28.7 Å². The van der Waals surface area contributed by atoms with Crippen molar-refractivity contribution >= 4 is 32.2 Å². The van der Waals surface area contributed by atoms with E-state index in [1.165, 1.54) is 32.1 Å². The van der Waals surface area contributed by atoms with Crippen LogP contribution in [0, 0.1) is 22.0 Å². The average Bonchev–Trinajstić information content (AvgIpc) is 3.39. The Labute approximate surface area is 198 Å². The van der Waals surface area contributed by atoms with Crippen molar-refractivity contribution in [2.24, 2.45) is 11.8 Å². The van der Waals surface area contributed by atoms with Crippen LogP contribution in [0.3, 0.4) is 0 Å². The van der Waals surface area contributed by atoms with Gasteiger partial charge in [0.1, 0.15) is 4.70 Å². The molecule has 3 aliphatic rings. The van der Waals surface area contributed by atoms with Gasteiger partial charge >= 0.3 is 6.18 Å². The number of fused-ring (bicyclic) bond motifs is 1. The van der Waals surface area contributed by atoms with Crippen LogP contribution in [0.1, 0.15) is 63.4 Å². The maximum absolute atomic E-state index is 13.3. The van der Waals surface area contributed by atoms with Crippen molar-refractivity contribution in [2.75, 3.05) is 11.4 Å². The first-order valence-corrected chi connectivity index (χ1v) is 12.8. The molecule has 2 saturated carbocycles. The van der Waals surface area contributed by atoms with Gasteiger partial charge in [-0.2, -0.15) is 18.2 Å². The summed E-state index contributed by atoms with van der Waals surface area (Å²) in [5.41, 5.74) is -2.78. The SMILES string of the molecule is O=c1nc(N2CCC(CC3CCCC3)C2NC2CCC2)sc2c([N+](=O)[O-])cc(C(F)(F)F)cc12. The molecule has 0 radical (unpaired) electrons. The molecule has 0 spiro atoms. The zero-order chi connectivity index (χ0) is 24.0. The summed E-state index contributed by atoms with van der Waals surface area (Å²) in [5.74, 6) is 1.08. The largest absolute Gasteiger partial charge is 0.416 e. The Morgan fingerprint density at radius 2 is 1.88 bits per heavy atom. The monoisotopic (exact) mass is 496 g/mol. The van der Waals surface area contributed by atoms with Crippen molar-refractivity contribution in [3.8, 4) is 0 Å². The molecule has 3 fully saturated rings. The first kappa shape index (κ1) is 23.5. The van der Waals surface area contributed by atoms with Gasteiger partial charge in [-0.3, -0.25) is 20.2 Å². The predicted molar refractivity (Wildman–Crippen MR) is 124 cm³/mol. The molecular weight excluding hydrogens is 469 g/mol. The fourth-order valence-corrected chi connectivity index (χ4v) is 6.72. The lowest BCUT2D eigenvalue weighted by atomic mass is 9.88. The number of anilines is 1. The molecule has 11 heteroatoms. The van der Waals surface area contributed by atoms with E-state index in [0.717, 1.165) is 37.0 Å². The molecule has 2 aromatic rings. The normalized spacial score (nSPS) is 24.1. The Balaban J connectivity index is 1.53. The van der Waals surface area contributed by atoms with E-state index in [2.05, 4.69) is 10.3 Å². The van der Waals surface area contributed by atoms with E-state index in [4.69, 9.17) is 0 Å². The highest BCUT2D eigenvalue weighted by molar-refractivity contribution is 7.22. The average molecular weight is 497 g/mol. The number of non-ortho nitro benzene ring substituents is 1. The summed E-state index contributed by atoms with van der Waals surface area (Å²) in [6, 6.07) is 1.59. The molecule has 1 N–H and O–H groups in total. The van der Waals surface area contributed by atoms with Gasteiger partial charge in [0.2, 0.25) is 0 Å². The van der Waals surface area contributed by atoms with Crippen molar-refractivity contribution in [3.05, 3.63) is 38.2 Å². The molecule has 1 saturated heterocycles. The van der Waals surface area contributed by atoms with Gasteiger partial charge in [0.25, 0.3) is 11.2 Å². The minimum Gasteiger partial charge on any atom is -0.332 e. The van der Waals surface area contributed by atoms with E-state index >= 15 is 0 Å². The lowest BCUT2D eigenvalue weighted by molar-refractivity contribution is -0.383. The molecule has 34 heavy (non-hydrogen) atoms. The van der Waals surface area contributed by atoms with Gasteiger partial charge in [0.15, 0.2) is 5.13 Å². The fourth-order valence-electron chi connectivity index (χ4n) is 5.60. The van der Waals surface area contributed by atoms with E-state index in [1.807, 2.05) is 4.90 Å². The second-order valence-electron chi connectivity index (χ2n) is 9.80. The van der Waals surface area contributed by atoms with E-state index in [1.54, 1.807) is 0 Å². The Hall–Kier alpha value is -2.27. The first-order valence-electron chi connectivity index (χ1n) is 11.9. The van der Waals surface area contributed by atoms with Crippen LogP contribution in [0.25, 0.3) is 10.1 Å². The first-order chi connectivity index (χ1) is 16.2. The van der Waals surface area contributed by atoms with Crippen LogP contribution in [0.15, 0.2) is 16.9 Å². The number of aromatic nitrogens is 1. The Bertz CT molecular complexity index is 1140. The van der Waals surface area contributed by atoms with Gasteiger partial charge in [-0.25, -0.2) is 0 Å². The number of halogens is 3. The van der Waals surface area contributed by atoms with Crippen LogP contribution in [-0.2, 0) is 6.18 Å². The second kappa shape index (κ2) is 9.07. The van der Waals surface area contributed by atoms with E-state index in [-0.39, 0.29) is 16.3 Å². The molecule has 2 atom stereocenters. The van der Waals surface area contributed by atoms with Gasteiger partial charge in [0.05, 0.1) is 22.0 Å². The van der Waals surface area contributed by atoms with Crippen LogP contribution in [0.4, 0.5) is 24.0 Å². The minimum absolute atomic E-state index is 0.0278. The molecular formula is C23H27F3N4O3S. The number of nitrogens with one attached hydrogen (secondary N) is 1. The lowest BCUT2D eigenvalue weighted by Crippen LogP contribution is -2.52. The van der Waals surface area contributed by atoms with Gasteiger partial charge in [-0.05, 0) is 43.6 Å². The van der Waals surface area contributed by atoms with Crippen LogP contribution >= 0.6 is 11.3 Å². The molecule has 1 aromatic heterocycles. The zero-order valence-corrected chi connectivity index (χ0v) is 19.5. The summed E-state index contributed by atoms with van der Waals surface area (Å²) in [4.78, 5) is 29.8. The number of nitro groups is 1. The van der Waals surface area contributed by atoms with Crippen molar-refractivity contribution < 1.29 is 18.1 Å². The lowest BCUT2D eigenvalue weighted by Gasteiger charge is -2.37. The van der Waals surface area contributed by atoms with Crippen molar-refractivity contribution in [1.82, 2.24) is 10.3 Å². The summed E-state index contributed by atoms with van der Waals surface area (Å²) in [6.07, 6.45) is 5.56. The van der Waals surface area contributed by atoms with Crippen molar-refractivity contribution in [1.29, 1.82) is 0 Å². The molecule has 1 aliphatic heterocycles. The number of nitrogens with zero attached hydrogens (tertiary/aromatic N) is 3. The maximum Gasteiger partial charge on any atom is 0.416 e. The van der Waals surface area contributed by atoms with Crippen molar-refractivity contribution in [3.63, 3.8) is 0 Å². The zero-order valence-electron chi connectivity index (χ0n) is 18.6. The summed E-state index contributed by atoms with van der Waals surface area (Å²) in [6.45, 7) is 0.657. The number of alkyl halides is 3. The number of nitro benzene ring substituents is 1. The fraction of sp³-hybridized carbons (Fsp3) is 0.652. The van der Waals surface area contributed by atoms with Crippen LogP contribution in [0.5, 0.6) is 0 Å². The Morgan fingerprint density at radius 1 is 1.15 bits per heavy atom. The third kappa shape index (κ3) is 4.51. The second-order valence-corrected chi connectivity index (χ2v) is 10.8. The third-order valence-electron chi connectivity index (χ3n) is 7.61. The number of benzene rings is 1. The number of rotatable bonds is 6. The molecule has 0 amide bonds. The molecule has 1 aromatic carbocycles. The Morgan fingerprint density at radius 3 is 2.50 bits per heavy atom. The number of hydrogen-bond donors (Lipinski definition) is 1. The van der Waals surface area contributed by atoms with Crippen LogP contribution in [0.2, 0.25) is 0 Å². The molecule has 2 unspecified atom stereocenters. The molecule has 7 nitrogen and oxygen atoms in total. The van der Waals surface area contributed by atoms with E-state index in [0.29, 0.717) is 41.7 Å². The summed E-state index contributed by atoms with van der Waals surface area (Å²) < 4.78 is 39.8. The third-order valence-corrected chi connectivity index (χ3v) is 8.75. The van der Waals surface area contributed by atoms with Gasteiger partial charge < -0.3 is 4.90 Å². The summed E-state index contributed by atoms with van der Waals surface area (Å²) >= 11 is 0.940. The molecule has 0 bridgehead atoms. The summed E-state index contributed by atoms with van der Waals surface area (Å²) in [5, 5.41) is 15.3. The van der Waals surface area contributed by atoms with E-state index in [9.17, 15) is 28.1 Å². The van der Waals surface area contributed by atoms with E-state index < -0.39 is 27.9 Å². The smallest absolute Gasteiger partial charge is 0.332 e. The quantitative estimate of drug-likeness (QED) is 0.422. The topological polar surface area (TPSA) is 88.4 Å². The highest BCUT2D eigenvalue weighted by Crippen LogP contribution is 2.42. The highest BCUT2D eigenvalue weighted by atomic mass is 32.1. The maximum atomic E-state index is 13.3. The predicted octanol–water partition coefficient (Wildman–Crippen LogP) is 5.46. The molecule has 2 aliphatic carbocycles. The summed E-state index contributed by atoms with van der Waals surface area (Å²) in [7, 11) is 0.